The third-order valence-electron chi connectivity index (χ3n) is 9.78. The van der Waals surface area contributed by atoms with Gasteiger partial charge in [-0.1, -0.05) is 59.6 Å². The Bertz CT molecular complexity index is 2330. The van der Waals surface area contributed by atoms with Crippen LogP contribution in [0.4, 0.5) is 4.79 Å². The second-order valence-corrected chi connectivity index (χ2v) is 15.4. The number of hydrogen-bond acceptors (Lipinski definition) is 9. The number of aromatic nitrogens is 3. The molecule has 1 aliphatic heterocycles. The normalized spacial score (nSPS) is 16.0. The second-order valence-electron chi connectivity index (χ2n) is 14.7. The van der Waals surface area contributed by atoms with Gasteiger partial charge in [-0.2, -0.15) is 0 Å². The topological polar surface area (TPSA) is 147 Å². The van der Waals surface area contributed by atoms with Crippen LogP contribution < -0.4 is 10.3 Å². The molecule has 4 heterocycles. The first-order chi connectivity index (χ1) is 26.1. The molecule has 12 nitrogen and oxygen atoms in total. The molecule has 1 amide bonds. The number of pyridine rings is 2. The lowest BCUT2D eigenvalue weighted by molar-refractivity contribution is -0.148. The fourth-order valence-electron chi connectivity index (χ4n) is 6.81. The van der Waals surface area contributed by atoms with Gasteiger partial charge in [-0.15, -0.1) is 0 Å². The third kappa shape index (κ3) is 8.18. The summed E-state index contributed by atoms with van der Waals surface area (Å²) in [4.78, 5) is 50.8. The van der Waals surface area contributed by atoms with Crippen LogP contribution in [0.3, 0.4) is 0 Å². The van der Waals surface area contributed by atoms with Crippen LogP contribution in [0.25, 0.3) is 39.2 Å². The van der Waals surface area contributed by atoms with Crippen molar-refractivity contribution < 1.29 is 29.3 Å². The first kappa shape index (κ1) is 39.7. The molecule has 1 atom stereocenters. The number of likely N-dealkylation sites (tertiary alicyclic amines) is 1. The number of fused-ring (bicyclic) bond motifs is 1. The average molecular weight is 789 g/mol. The Labute approximate surface area is 328 Å². The highest BCUT2D eigenvalue weighted by Crippen LogP contribution is 2.42. The zero-order valence-electron chi connectivity index (χ0n) is 31.3. The molecule has 14 heteroatoms. The van der Waals surface area contributed by atoms with Gasteiger partial charge in [-0.05, 0) is 76.9 Å². The van der Waals surface area contributed by atoms with E-state index in [4.69, 9.17) is 37.7 Å². The number of halogens is 2. The molecule has 0 unspecified atom stereocenters. The van der Waals surface area contributed by atoms with Gasteiger partial charge in [0.25, 0.3) is 5.56 Å². The molecule has 1 fully saturated rings. The van der Waals surface area contributed by atoms with E-state index in [2.05, 4.69) is 4.98 Å². The number of carboxylic acids is 1. The quantitative estimate of drug-likeness (QED) is 0.137. The van der Waals surface area contributed by atoms with Gasteiger partial charge >= 0.3 is 12.1 Å². The Morgan fingerprint density at radius 1 is 0.982 bits per heavy atom. The number of methoxy groups -OCH3 is 1. The van der Waals surface area contributed by atoms with Crippen molar-refractivity contribution in [3.63, 3.8) is 0 Å². The molecule has 0 aliphatic carbocycles. The van der Waals surface area contributed by atoms with E-state index in [-0.39, 0.29) is 37.7 Å². The number of amides is 1. The van der Waals surface area contributed by atoms with Crippen molar-refractivity contribution >= 4 is 40.9 Å². The van der Waals surface area contributed by atoms with Crippen molar-refractivity contribution in [1.82, 2.24) is 24.2 Å². The van der Waals surface area contributed by atoms with Gasteiger partial charge < -0.3 is 24.6 Å². The lowest BCUT2D eigenvalue weighted by atomic mass is 9.97. The molecule has 2 N–H and O–H groups in total. The highest BCUT2D eigenvalue weighted by Gasteiger charge is 2.43. The van der Waals surface area contributed by atoms with Gasteiger partial charge in [-0.3, -0.25) is 18.9 Å². The number of carbonyl (C=O) groups excluding carboxylic acids is 1. The number of ether oxygens (including phenoxy) is 2. The molecule has 6 rings (SSSR count). The van der Waals surface area contributed by atoms with E-state index in [1.54, 1.807) is 58.2 Å². The van der Waals surface area contributed by atoms with Gasteiger partial charge in [0.15, 0.2) is 0 Å². The molecule has 1 aliphatic rings. The summed E-state index contributed by atoms with van der Waals surface area (Å²) in [5.74, 6) is -0.613. The van der Waals surface area contributed by atoms with E-state index >= 15 is 0 Å². The average Bonchev–Trinajstić information content (AvgIpc) is 3.53. The highest BCUT2D eigenvalue weighted by atomic mass is 35.5. The summed E-state index contributed by atoms with van der Waals surface area (Å²) in [6.45, 7) is 7.73. The molecule has 0 radical (unpaired) electrons. The third-order valence-corrected chi connectivity index (χ3v) is 10.6. The van der Waals surface area contributed by atoms with Crippen LogP contribution in [0.15, 0.2) is 77.9 Å². The maximum Gasteiger partial charge on any atom is 0.410 e. The summed E-state index contributed by atoms with van der Waals surface area (Å²) in [7, 11) is 1.49. The Hall–Kier alpha value is -5.01. The predicted molar refractivity (Wildman–Crippen MR) is 212 cm³/mol. The van der Waals surface area contributed by atoms with Gasteiger partial charge in [0.05, 0.1) is 41.6 Å². The van der Waals surface area contributed by atoms with E-state index in [0.29, 0.717) is 67.7 Å². The van der Waals surface area contributed by atoms with E-state index in [1.807, 2.05) is 41.3 Å². The van der Waals surface area contributed by atoms with Gasteiger partial charge in [0.1, 0.15) is 16.8 Å². The zero-order chi connectivity index (χ0) is 39.7. The molecule has 0 bridgehead atoms. The molecule has 0 spiro atoms. The lowest BCUT2D eigenvalue weighted by Gasteiger charge is -2.30. The summed E-state index contributed by atoms with van der Waals surface area (Å²) >= 11 is 14.2. The summed E-state index contributed by atoms with van der Waals surface area (Å²) < 4.78 is 12.6. The van der Waals surface area contributed by atoms with E-state index in [1.165, 1.54) is 22.6 Å². The maximum absolute atomic E-state index is 13.5. The zero-order valence-corrected chi connectivity index (χ0v) is 32.8. The highest BCUT2D eigenvalue weighted by molar-refractivity contribution is 6.39. The van der Waals surface area contributed by atoms with Crippen molar-refractivity contribution in [3.8, 4) is 39.4 Å². The van der Waals surface area contributed by atoms with Crippen molar-refractivity contribution in [1.29, 1.82) is 0 Å². The Morgan fingerprint density at radius 3 is 2.31 bits per heavy atom. The number of aliphatic hydroxyl groups excluding tert-OH is 1. The van der Waals surface area contributed by atoms with Crippen LogP contribution in [0, 0.1) is 0 Å². The number of rotatable bonds is 11. The fraction of sp³-hybridized carbons (Fsp3) is 0.341. The van der Waals surface area contributed by atoms with Gasteiger partial charge in [0, 0.05) is 53.3 Å². The first-order valence-electron chi connectivity index (χ1n) is 17.8. The number of carboxylic acid groups (broad SMARTS) is 1. The minimum absolute atomic E-state index is 0.0668. The van der Waals surface area contributed by atoms with Crippen molar-refractivity contribution in [3.05, 3.63) is 105 Å². The molecule has 5 aromatic rings. The molecule has 3 aromatic heterocycles. The Morgan fingerprint density at radius 2 is 1.65 bits per heavy atom. The summed E-state index contributed by atoms with van der Waals surface area (Å²) in [6.07, 6.45) is 3.87. The molecular weight excluding hydrogens is 745 g/mol. The molecule has 288 valence electrons. The van der Waals surface area contributed by atoms with Crippen LogP contribution in [0.1, 0.15) is 51.7 Å². The van der Waals surface area contributed by atoms with E-state index in [9.17, 15) is 24.6 Å². The van der Waals surface area contributed by atoms with Crippen LogP contribution >= 0.6 is 23.2 Å². The largest absolute Gasteiger partial charge is 0.481 e. The summed E-state index contributed by atoms with van der Waals surface area (Å²) in [6, 6.07) is 18.4. The van der Waals surface area contributed by atoms with Crippen LogP contribution in [-0.2, 0) is 22.6 Å². The smallest absolute Gasteiger partial charge is 0.410 e. The standard InChI is InChI=1S/C41H43Cl2N5O7/c1-40(2,3)55-39(53)46(19-20-49)23-26-13-14-32(45-36(26)54-5)31-12-7-11-30(35(31)43)29-10-6-9-28(34(29)42)25-15-18-48-33(21-25)44-22-27(37(48)50)24-47-17-8-16-41(47,4)38(51)52/h6-7,9-15,18,21-22,49H,8,16-17,19-20,23-24H2,1-5H3,(H,51,52)/t41-/m0/s1. The number of aliphatic carboxylic acids is 1. The van der Waals surface area contributed by atoms with Crippen molar-refractivity contribution in [2.24, 2.45) is 0 Å². The number of hydrogen-bond donors (Lipinski definition) is 2. The number of carbonyl (C=O) groups is 2. The lowest BCUT2D eigenvalue weighted by Crippen LogP contribution is -2.48. The number of benzene rings is 2. The molecule has 1 saturated heterocycles. The Kier molecular flexibility index (Phi) is 11.5. The summed E-state index contributed by atoms with van der Waals surface area (Å²) in [5.41, 5.74) is 3.42. The van der Waals surface area contributed by atoms with E-state index in [0.717, 1.165) is 12.0 Å². The monoisotopic (exact) mass is 787 g/mol. The maximum atomic E-state index is 13.5. The van der Waals surface area contributed by atoms with Crippen LogP contribution in [0.2, 0.25) is 10.0 Å². The molecular formula is C41H43Cl2N5O7. The van der Waals surface area contributed by atoms with Gasteiger partial charge in [0.2, 0.25) is 5.88 Å². The number of aliphatic hydroxyl groups is 1. The van der Waals surface area contributed by atoms with Gasteiger partial charge in [-0.25, -0.2) is 14.8 Å². The van der Waals surface area contributed by atoms with Crippen molar-refractivity contribution in [2.75, 3.05) is 26.8 Å². The number of nitrogens with zero attached hydrogens (tertiary/aromatic N) is 5. The van der Waals surface area contributed by atoms with Crippen LogP contribution in [0.5, 0.6) is 5.88 Å². The minimum atomic E-state index is -1.03. The molecule has 55 heavy (non-hydrogen) atoms. The SMILES string of the molecule is COc1nc(-c2cccc(-c3cccc(-c4ccn5c(=O)c(CN6CCC[C@@]6(C)C(=O)O)cnc5c4)c3Cl)c2Cl)ccc1CN(CCO)C(=O)OC(C)(C)C. The fourth-order valence-corrected chi connectivity index (χ4v) is 7.48. The van der Waals surface area contributed by atoms with E-state index < -0.39 is 23.2 Å². The molecule has 2 aromatic carbocycles. The van der Waals surface area contributed by atoms with Crippen molar-refractivity contribution in [2.45, 2.75) is 64.8 Å². The first-order valence-corrected chi connectivity index (χ1v) is 18.6. The Balaban J connectivity index is 1.29. The predicted octanol–water partition coefficient (Wildman–Crippen LogP) is 7.57. The minimum Gasteiger partial charge on any atom is -0.481 e. The van der Waals surface area contributed by atoms with Crippen LogP contribution in [-0.4, -0.2) is 84.4 Å². The summed E-state index contributed by atoms with van der Waals surface area (Å²) in [5, 5.41) is 20.3. The molecule has 0 saturated carbocycles. The second kappa shape index (κ2) is 16.0.